The molecule has 1 heterocycles. The number of amidine groups is 1. The molecular weight excluding hydrogens is 430 g/mol. The zero-order chi connectivity index (χ0) is 23.3. The lowest BCUT2D eigenvalue weighted by Crippen LogP contribution is -2.25. The quantitative estimate of drug-likeness (QED) is 0.637. The van der Waals surface area contributed by atoms with Gasteiger partial charge >= 0.3 is 0 Å². The van der Waals surface area contributed by atoms with Gasteiger partial charge in [0.15, 0.2) is 5.17 Å². The third kappa shape index (κ3) is 5.94. The van der Waals surface area contributed by atoms with E-state index in [0.717, 1.165) is 16.9 Å². The molecule has 170 valence electrons. The Balaban J connectivity index is 1.75. The Kier molecular flexibility index (Phi) is 7.63. The lowest BCUT2D eigenvalue weighted by molar-refractivity contribution is -0.129. The van der Waals surface area contributed by atoms with Crippen molar-refractivity contribution in [2.24, 2.45) is 5.10 Å². The van der Waals surface area contributed by atoms with E-state index in [-0.39, 0.29) is 11.8 Å². The summed E-state index contributed by atoms with van der Waals surface area (Å²) in [5.74, 6) is 1.48. The second kappa shape index (κ2) is 10.4. The number of hydrazone groups is 1. The molecule has 0 bridgehead atoms. The fraction of sp³-hybridized carbons (Fsp3) is 0.348. The maximum absolute atomic E-state index is 12.2. The Morgan fingerprint density at radius 2 is 1.72 bits per heavy atom. The van der Waals surface area contributed by atoms with Crippen molar-refractivity contribution in [2.75, 3.05) is 20.3 Å². The summed E-state index contributed by atoms with van der Waals surface area (Å²) in [6.45, 7) is 7.53. The number of thioether (sulfide) groups is 1. The minimum Gasteiger partial charge on any atom is -0.497 e. The van der Waals surface area contributed by atoms with Crippen molar-refractivity contribution in [1.82, 2.24) is 10.3 Å². The molecule has 32 heavy (non-hydrogen) atoms. The van der Waals surface area contributed by atoms with Crippen LogP contribution >= 0.6 is 11.8 Å². The number of benzene rings is 2. The molecule has 2 aromatic rings. The number of ether oxygens (including phenoxy) is 3. The van der Waals surface area contributed by atoms with Crippen LogP contribution in [-0.4, -0.2) is 42.3 Å². The standard InChI is InChI=1S/C23H27N3O5S/c1-14-10-15(2)12-19(11-14)30-8-9-31-21-7-6-18(29-5)13-20(21)22-26(17(4)28)25-23(32-22)24-16(3)27/h6-7,10-13,22H,8-9H2,1-5H3,(H,24,25,27). The lowest BCUT2D eigenvalue weighted by atomic mass is 10.1. The summed E-state index contributed by atoms with van der Waals surface area (Å²) >= 11 is 1.26. The SMILES string of the molecule is COc1ccc(OCCOc2cc(C)cc(C)c2)c(C2SC(NC(C)=O)=NN2C(C)=O)c1. The molecule has 0 saturated carbocycles. The van der Waals surface area contributed by atoms with Crippen molar-refractivity contribution in [3.8, 4) is 17.2 Å². The molecule has 1 unspecified atom stereocenters. The number of nitrogens with one attached hydrogen (secondary N) is 1. The number of nitrogens with zero attached hydrogens (tertiary/aromatic N) is 2. The average molecular weight is 458 g/mol. The van der Waals surface area contributed by atoms with E-state index in [1.807, 2.05) is 26.0 Å². The van der Waals surface area contributed by atoms with E-state index in [2.05, 4.69) is 16.5 Å². The van der Waals surface area contributed by atoms with Crippen LogP contribution in [0.25, 0.3) is 0 Å². The van der Waals surface area contributed by atoms with Crippen molar-refractivity contribution in [3.63, 3.8) is 0 Å². The maximum atomic E-state index is 12.2. The molecule has 2 aromatic carbocycles. The molecule has 9 heteroatoms. The van der Waals surface area contributed by atoms with E-state index >= 15 is 0 Å². The van der Waals surface area contributed by atoms with Gasteiger partial charge in [-0.15, -0.1) is 5.10 Å². The smallest absolute Gasteiger partial charge is 0.241 e. The van der Waals surface area contributed by atoms with Gasteiger partial charge in [0.2, 0.25) is 11.8 Å². The summed E-state index contributed by atoms with van der Waals surface area (Å²) in [4.78, 5) is 23.7. The first-order valence-corrected chi connectivity index (χ1v) is 11.0. The first kappa shape index (κ1) is 23.5. The van der Waals surface area contributed by atoms with Gasteiger partial charge in [-0.3, -0.25) is 9.59 Å². The first-order valence-electron chi connectivity index (χ1n) is 10.1. The van der Waals surface area contributed by atoms with Crippen LogP contribution in [0.3, 0.4) is 0 Å². The zero-order valence-electron chi connectivity index (χ0n) is 18.8. The van der Waals surface area contributed by atoms with E-state index in [4.69, 9.17) is 14.2 Å². The van der Waals surface area contributed by atoms with Crippen molar-refractivity contribution < 1.29 is 23.8 Å². The monoisotopic (exact) mass is 457 g/mol. The zero-order valence-corrected chi connectivity index (χ0v) is 19.6. The number of aryl methyl sites for hydroxylation is 2. The number of hydrogen-bond acceptors (Lipinski definition) is 7. The molecule has 0 aliphatic carbocycles. The molecule has 1 N–H and O–H groups in total. The molecule has 2 amide bonds. The van der Waals surface area contributed by atoms with E-state index in [9.17, 15) is 9.59 Å². The molecule has 1 aliphatic heterocycles. The van der Waals surface area contributed by atoms with Crippen LogP contribution in [0.1, 0.15) is 35.9 Å². The highest BCUT2D eigenvalue weighted by atomic mass is 32.2. The topological polar surface area (TPSA) is 89.5 Å². The van der Waals surface area contributed by atoms with Crippen molar-refractivity contribution in [2.45, 2.75) is 33.1 Å². The number of methoxy groups -OCH3 is 1. The molecule has 0 saturated heterocycles. The number of hydrogen-bond donors (Lipinski definition) is 1. The number of carbonyl (C=O) groups excluding carboxylic acids is 2. The average Bonchev–Trinajstić information content (AvgIpc) is 3.14. The van der Waals surface area contributed by atoms with Crippen molar-refractivity contribution in [1.29, 1.82) is 0 Å². The van der Waals surface area contributed by atoms with Crippen LogP contribution in [0.4, 0.5) is 0 Å². The summed E-state index contributed by atoms with van der Waals surface area (Å²) in [7, 11) is 1.57. The summed E-state index contributed by atoms with van der Waals surface area (Å²) < 4.78 is 17.2. The molecule has 0 fully saturated rings. The van der Waals surface area contributed by atoms with Gasteiger partial charge in [-0.1, -0.05) is 17.8 Å². The molecule has 1 atom stereocenters. The Morgan fingerprint density at radius 1 is 1.03 bits per heavy atom. The third-order valence-electron chi connectivity index (χ3n) is 4.54. The van der Waals surface area contributed by atoms with Gasteiger partial charge in [-0.25, -0.2) is 5.01 Å². The normalized spacial score (nSPS) is 15.2. The summed E-state index contributed by atoms with van der Waals surface area (Å²) in [6.07, 6.45) is 0. The van der Waals surface area contributed by atoms with Crippen molar-refractivity contribution in [3.05, 3.63) is 53.1 Å². The van der Waals surface area contributed by atoms with Gasteiger partial charge in [0.25, 0.3) is 0 Å². The fourth-order valence-electron chi connectivity index (χ4n) is 3.27. The summed E-state index contributed by atoms with van der Waals surface area (Å²) in [5, 5.41) is 8.06. The van der Waals surface area contributed by atoms with E-state index in [1.54, 1.807) is 25.3 Å². The lowest BCUT2D eigenvalue weighted by Gasteiger charge is -2.22. The fourth-order valence-corrected chi connectivity index (χ4v) is 4.43. The Morgan fingerprint density at radius 3 is 2.34 bits per heavy atom. The van der Waals surface area contributed by atoms with E-state index in [1.165, 1.54) is 30.6 Å². The van der Waals surface area contributed by atoms with Crippen LogP contribution in [0.15, 0.2) is 41.5 Å². The van der Waals surface area contributed by atoms with Gasteiger partial charge in [0.1, 0.15) is 35.8 Å². The second-order valence-electron chi connectivity index (χ2n) is 7.34. The highest BCUT2D eigenvalue weighted by molar-refractivity contribution is 8.14. The van der Waals surface area contributed by atoms with E-state index < -0.39 is 5.37 Å². The third-order valence-corrected chi connectivity index (χ3v) is 5.62. The van der Waals surface area contributed by atoms with E-state index in [0.29, 0.717) is 35.4 Å². The molecule has 1 aliphatic rings. The highest BCUT2D eigenvalue weighted by Gasteiger charge is 2.34. The Bertz CT molecular complexity index is 1020. The van der Waals surface area contributed by atoms with Crippen LogP contribution in [0, 0.1) is 13.8 Å². The molecular formula is C23H27N3O5S. The summed E-state index contributed by atoms with van der Waals surface area (Å²) in [6, 6.07) is 11.4. The van der Waals surface area contributed by atoms with Crippen LogP contribution in [-0.2, 0) is 9.59 Å². The largest absolute Gasteiger partial charge is 0.497 e. The molecule has 0 aromatic heterocycles. The predicted octanol–water partition coefficient (Wildman–Crippen LogP) is 3.77. The van der Waals surface area contributed by atoms with Gasteiger partial charge in [-0.2, -0.15) is 0 Å². The van der Waals surface area contributed by atoms with Gasteiger partial charge < -0.3 is 19.5 Å². The summed E-state index contributed by atoms with van der Waals surface area (Å²) in [5.41, 5.74) is 2.98. The van der Waals surface area contributed by atoms with Gasteiger partial charge in [0.05, 0.1) is 7.11 Å². The van der Waals surface area contributed by atoms with Crippen LogP contribution < -0.4 is 19.5 Å². The Hall–Kier alpha value is -3.20. The van der Waals surface area contributed by atoms with Gasteiger partial charge in [0, 0.05) is 19.4 Å². The number of rotatable bonds is 7. The number of amides is 2. The molecule has 8 nitrogen and oxygen atoms in total. The Labute approximate surface area is 191 Å². The predicted molar refractivity (Wildman–Crippen MR) is 124 cm³/mol. The van der Waals surface area contributed by atoms with Crippen molar-refractivity contribution >= 4 is 28.7 Å². The molecule has 0 spiro atoms. The van der Waals surface area contributed by atoms with Crippen LogP contribution in [0.5, 0.6) is 17.2 Å². The second-order valence-corrected chi connectivity index (χ2v) is 8.41. The highest BCUT2D eigenvalue weighted by Crippen LogP contribution is 2.43. The van der Waals surface area contributed by atoms with Gasteiger partial charge in [-0.05, 0) is 55.3 Å². The molecule has 3 rings (SSSR count). The maximum Gasteiger partial charge on any atom is 0.241 e. The molecule has 0 radical (unpaired) electrons. The first-order chi connectivity index (χ1) is 15.3. The number of carbonyl (C=O) groups is 2. The van der Waals surface area contributed by atoms with Crippen LogP contribution in [0.2, 0.25) is 0 Å². The minimum absolute atomic E-state index is 0.255. The minimum atomic E-state index is -0.500.